The van der Waals surface area contributed by atoms with E-state index in [-0.39, 0.29) is 24.8 Å². The zero-order valence-corrected chi connectivity index (χ0v) is 18.5. The predicted octanol–water partition coefficient (Wildman–Crippen LogP) is 3.45. The van der Waals surface area contributed by atoms with Gasteiger partial charge in [-0.2, -0.15) is 0 Å². The topological polar surface area (TPSA) is 74.3 Å². The highest BCUT2D eigenvalue weighted by Crippen LogP contribution is 2.21. The molecular formula is C26H30N4O2. The van der Waals surface area contributed by atoms with Crippen LogP contribution in [-0.4, -0.2) is 36.4 Å². The molecule has 2 N–H and O–H groups in total. The molecule has 1 aromatic heterocycles. The van der Waals surface area contributed by atoms with Crippen LogP contribution in [0.15, 0.2) is 60.8 Å². The van der Waals surface area contributed by atoms with Gasteiger partial charge in [-0.1, -0.05) is 55.5 Å². The van der Waals surface area contributed by atoms with Gasteiger partial charge in [0.05, 0.1) is 13.0 Å². The van der Waals surface area contributed by atoms with Crippen LogP contribution >= 0.6 is 0 Å². The molecule has 166 valence electrons. The van der Waals surface area contributed by atoms with Crippen molar-refractivity contribution in [2.75, 3.05) is 24.5 Å². The maximum absolute atomic E-state index is 12.3. The second kappa shape index (κ2) is 10.3. The zero-order chi connectivity index (χ0) is 22.3. The van der Waals surface area contributed by atoms with E-state index in [9.17, 15) is 9.59 Å². The molecule has 2 amide bonds. The van der Waals surface area contributed by atoms with Crippen LogP contribution in [0.2, 0.25) is 0 Å². The number of amides is 2. The van der Waals surface area contributed by atoms with Crippen molar-refractivity contribution in [2.45, 2.75) is 32.7 Å². The number of anilines is 1. The van der Waals surface area contributed by atoms with E-state index in [4.69, 9.17) is 0 Å². The van der Waals surface area contributed by atoms with Crippen molar-refractivity contribution in [3.05, 3.63) is 71.9 Å². The van der Waals surface area contributed by atoms with Crippen LogP contribution in [0.1, 0.15) is 30.9 Å². The number of nitrogens with zero attached hydrogens (tertiary/aromatic N) is 2. The van der Waals surface area contributed by atoms with Gasteiger partial charge in [-0.05, 0) is 46.7 Å². The van der Waals surface area contributed by atoms with Gasteiger partial charge < -0.3 is 15.5 Å². The number of fused-ring (bicyclic) bond motifs is 1. The minimum atomic E-state index is -0.217. The lowest BCUT2D eigenvalue weighted by molar-refractivity contribution is -0.125. The van der Waals surface area contributed by atoms with Crippen LogP contribution < -0.4 is 15.5 Å². The molecule has 0 aliphatic carbocycles. The Morgan fingerprint density at radius 1 is 0.969 bits per heavy atom. The monoisotopic (exact) mass is 430 g/mol. The average Bonchev–Trinajstić information content (AvgIpc) is 2.82. The van der Waals surface area contributed by atoms with Crippen LogP contribution in [0.3, 0.4) is 0 Å². The van der Waals surface area contributed by atoms with Gasteiger partial charge in [0.25, 0.3) is 0 Å². The maximum Gasteiger partial charge on any atom is 0.239 e. The van der Waals surface area contributed by atoms with E-state index in [0.717, 1.165) is 46.7 Å². The van der Waals surface area contributed by atoms with Crippen molar-refractivity contribution in [1.82, 2.24) is 15.6 Å². The quantitative estimate of drug-likeness (QED) is 0.602. The Bertz CT molecular complexity index is 1070. The van der Waals surface area contributed by atoms with Gasteiger partial charge in [-0.25, -0.2) is 4.98 Å². The first-order chi connectivity index (χ1) is 15.6. The highest BCUT2D eigenvalue weighted by atomic mass is 16.2. The van der Waals surface area contributed by atoms with E-state index >= 15 is 0 Å². The summed E-state index contributed by atoms with van der Waals surface area (Å²) >= 11 is 0. The molecule has 4 rings (SSSR count). The molecule has 2 aromatic carbocycles. The fraction of sp³-hybridized carbons (Fsp3) is 0.346. The highest BCUT2D eigenvalue weighted by Gasteiger charge is 2.16. The van der Waals surface area contributed by atoms with Gasteiger partial charge in [0.1, 0.15) is 5.82 Å². The first-order valence-electron chi connectivity index (χ1n) is 11.3. The summed E-state index contributed by atoms with van der Waals surface area (Å²) in [5, 5.41) is 7.72. The summed E-state index contributed by atoms with van der Waals surface area (Å²) in [4.78, 5) is 31.4. The molecule has 32 heavy (non-hydrogen) atoms. The second-order valence-electron chi connectivity index (χ2n) is 8.56. The van der Waals surface area contributed by atoms with Gasteiger partial charge >= 0.3 is 0 Å². The molecule has 3 aromatic rings. The fourth-order valence-corrected chi connectivity index (χ4v) is 4.07. The lowest BCUT2D eigenvalue weighted by Crippen LogP contribution is -2.37. The average molecular weight is 431 g/mol. The summed E-state index contributed by atoms with van der Waals surface area (Å²) in [5.74, 6) is 1.39. The molecular weight excluding hydrogens is 400 g/mol. The normalized spacial score (nSPS) is 14.3. The molecule has 1 saturated heterocycles. The van der Waals surface area contributed by atoms with E-state index in [2.05, 4.69) is 27.4 Å². The van der Waals surface area contributed by atoms with Gasteiger partial charge in [0, 0.05) is 25.8 Å². The number of rotatable bonds is 7. The Kier molecular flexibility index (Phi) is 7.00. The zero-order valence-electron chi connectivity index (χ0n) is 18.5. The third kappa shape index (κ3) is 5.63. The van der Waals surface area contributed by atoms with Crippen LogP contribution in [0.4, 0.5) is 5.82 Å². The third-order valence-corrected chi connectivity index (χ3v) is 6.08. The number of pyridine rings is 1. The minimum absolute atomic E-state index is 0.0406. The minimum Gasteiger partial charge on any atom is -0.357 e. The molecule has 6 heteroatoms. The third-order valence-electron chi connectivity index (χ3n) is 6.08. The second-order valence-corrected chi connectivity index (χ2v) is 8.56. The number of piperidine rings is 1. The highest BCUT2D eigenvalue weighted by molar-refractivity contribution is 5.91. The number of aromatic nitrogens is 1. The lowest BCUT2D eigenvalue weighted by Gasteiger charge is -2.31. The van der Waals surface area contributed by atoms with E-state index in [1.165, 1.54) is 12.8 Å². The molecule has 6 nitrogen and oxygen atoms in total. The number of carbonyl (C=O) groups is 2. The molecule has 0 bridgehead atoms. The predicted molar refractivity (Wildman–Crippen MR) is 127 cm³/mol. The van der Waals surface area contributed by atoms with Gasteiger partial charge in [-0.3, -0.25) is 9.59 Å². The number of benzene rings is 2. The number of nitrogens with one attached hydrogen (secondary N) is 2. The molecule has 1 aliphatic heterocycles. The molecule has 1 fully saturated rings. The van der Waals surface area contributed by atoms with Gasteiger partial charge in [-0.15, -0.1) is 0 Å². The van der Waals surface area contributed by atoms with Crippen molar-refractivity contribution < 1.29 is 9.59 Å². The van der Waals surface area contributed by atoms with Crippen molar-refractivity contribution in [3.8, 4) is 0 Å². The molecule has 0 spiro atoms. The Balaban J connectivity index is 1.21. The molecule has 2 heterocycles. The summed E-state index contributed by atoms with van der Waals surface area (Å²) < 4.78 is 0. The number of carbonyl (C=O) groups excluding carboxylic acids is 2. The Morgan fingerprint density at radius 3 is 2.53 bits per heavy atom. The van der Waals surface area contributed by atoms with Crippen LogP contribution in [0.25, 0.3) is 10.8 Å². The maximum atomic E-state index is 12.3. The summed E-state index contributed by atoms with van der Waals surface area (Å²) in [6.45, 7) is 4.73. The molecule has 0 saturated carbocycles. The number of hydrogen-bond acceptors (Lipinski definition) is 4. The first kappa shape index (κ1) is 21.8. The standard InChI is InChI=1S/C26H30N4O2/c1-19-11-13-30(14-12-19)24-10-9-20(16-27-24)17-28-26(32)18-29-25(31)15-22-7-4-6-21-5-2-3-8-23(21)22/h2-10,16,19H,11-15,17-18H2,1H3,(H,28,32)(H,29,31). The van der Waals surface area contributed by atoms with Crippen molar-refractivity contribution in [2.24, 2.45) is 5.92 Å². The molecule has 0 atom stereocenters. The SMILES string of the molecule is CC1CCN(c2ccc(CNC(=O)CNC(=O)Cc3cccc4ccccc34)cn2)CC1. The Morgan fingerprint density at radius 2 is 1.75 bits per heavy atom. The van der Waals surface area contributed by atoms with E-state index in [1.807, 2.05) is 60.8 Å². The summed E-state index contributed by atoms with van der Waals surface area (Å²) in [5.41, 5.74) is 1.89. The van der Waals surface area contributed by atoms with E-state index in [1.54, 1.807) is 0 Å². The fourth-order valence-electron chi connectivity index (χ4n) is 4.07. The van der Waals surface area contributed by atoms with E-state index < -0.39 is 0 Å². The summed E-state index contributed by atoms with van der Waals surface area (Å²) in [7, 11) is 0. The molecule has 1 aliphatic rings. The summed E-state index contributed by atoms with van der Waals surface area (Å²) in [6, 6.07) is 17.9. The first-order valence-corrected chi connectivity index (χ1v) is 11.3. The smallest absolute Gasteiger partial charge is 0.239 e. The van der Waals surface area contributed by atoms with Crippen LogP contribution in [0, 0.1) is 5.92 Å². The Hall–Kier alpha value is -3.41. The molecule has 0 radical (unpaired) electrons. The largest absolute Gasteiger partial charge is 0.357 e. The summed E-state index contributed by atoms with van der Waals surface area (Å²) in [6.07, 6.45) is 4.46. The number of hydrogen-bond donors (Lipinski definition) is 2. The molecule has 0 unspecified atom stereocenters. The van der Waals surface area contributed by atoms with Crippen LogP contribution in [0.5, 0.6) is 0 Å². The lowest BCUT2D eigenvalue weighted by atomic mass is 9.99. The van der Waals surface area contributed by atoms with Crippen molar-refractivity contribution in [1.29, 1.82) is 0 Å². The Labute approximate surface area is 189 Å². The van der Waals surface area contributed by atoms with Crippen LogP contribution in [-0.2, 0) is 22.6 Å². The van der Waals surface area contributed by atoms with E-state index in [0.29, 0.717) is 6.54 Å². The van der Waals surface area contributed by atoms with Gasteiger partial charge in [0.15, 0.2) is 0 Å². The van der Waals surface area contributed by atoms with Gasteiger partial charge in [0.2, 0.25) is 11.8 Å². The van der Waals surface area contributed by atoms with Crippen molar-refractivity contribution in [3.63, 3.8) is 0 Å². The van der Waals surface area contributed by atoms with Crippen molar-refractivity contribution >= 4 is 28.4 Å².